The summed E-state index contributed by atoms with van der Waals surface area (Å²) in [6, 6.07) is 14.9. The maximum absolute atomic E-state index is 13.5. The van der Waals surface area contributed by atoms with Gasteiger partial charge in [-0.3, -0.25) is 0 Å². The smallest absolute Gasteiger partial charge is 0.123 e. The average Bonchev–Trinajstić information content (AvgIpc) is 2.51. The summed E-state index contributed by atoms with van der Waals surface area (Å²) in [6.45, 7) is 3.81. The fourth-order valence-corrected chi connectivity index (χ4v) is 2.47. The predicted octanol–water partition coefficient (Wildman–Crippen LogP) is 3.77. The van der Waals surface area contributed by atoms with Gasteiger partial charge in [-0.05, 0) is 48.4 Å². The zero-order valence-corrected chi connectivity index (χ0v) is 12.6. The van der Waals surface area contributed by atoms with E-state index in [1.807, 2.05) is 24.3 Å². The molecule has 0 fully saturated rings. The van der Waals surface area contributed by atoms with Crippen molar-refractivity contribution in [3.05, 3.63) is 65.5 Å². The van der Waals surface area contributed by atoms with Crippen molar-refractivity contribution < 1.29 is 9.13 Å². The van der Waals surface area contributed by atoms with Crippen molar-refractivity contribution in [1.82, 2.24) is 5.32 Å². The van der Waals surface area contributed by atoms with Crippen molar-refractivity contribution in [2.45, 2.75) is 19.3 Å². The van der Waals surface area contributed by atoms with Gasteiger partial charge in [-0.15, -0.1) is 0 Å². The molecule has 2 nitrogen and oxygen atoms in total. The zero-order chi connectivity index (χ0) is 15.1. The van der Waals surface area contributed by atoms with Crippen molar-refractivity contribution >= 4 is 0 Å². The lowest BCUT2D eigenvalue weighted by Crippen LogP contribution is -2.22. The van der Waals surface area contributed by atoms with Crippen LogP contribution in [0.3, 0.4) is 0 Å². The number of rotatable bonds is 7. The number of halogens is 1. The minimum atomic E-state index is -0.181. The maximum Gasteiger partial charge on any atom is 0.123 e. The SMILES string of the molecule is CCNCC(Cc1cccc(OC)c1)c1cccc(F)c1. The first-order chi connectivity index (χ1) is 10.2. The van der Waals surface area contributed by atoms with Crippen LogP contribution in [0.15, 0.2) is 48.5 Å². The molecule has 3 heteroatoms. The summed E-state index contributed by atoms with van der Waals surface area (Å²) in [5, 5.41) is 3.36. The van der Waals surface area contributed by atoms with Crippen LogP contribution < -0.4 is 10.1 Å². The molecular weight excluding hydrogens is 265 g/mol. The average molecular weight is 287 g/mol. The molecule has 2 aromatic rings. The molecule has 0 aliphatic carbocycles. The predicted molar refractivity (Wildman–Crippen MR) is 84.4 cm³/mol. The number of benzene rings is 2. The molecule has 0 aromatic heterocycles. The van der Waals surface area contributed by atoms with E-state index in [2.05, 4.69) is 18.3 Å². The highest BCUT2D eigenvalue weighted by molar-refractivity contribution is 5.31. The molecule has 2 rings (SSSR count). The number of hydrogen-bond acceptors (Lipinski definition) is 2. The van der Waals surface area contributed by atoms with Crippen molar-refractivity contribution in [1.29, 1.82) is 0 Å². The second kappa shape index (κ2) is 7.79. The van der Waals surface area contributed by atoms with Gasteiger partial charge in [-0.25, -0.2) is 4.39 Å². The molecule has 1 N–H and O–H groups in total. The van der Waals surface area contributed by atoms with Crippen LogP contribution in [0.2, 0.25) is 0 Å². The molecule has 1 unspecified atom stereocenters. The summed E-state index contributed by atoms with van der Waals surface area (Å²) in [5.74, 6) is 0.918. The van der Waals surface area contributed by atoms with Crippen LogP contribution >= 0.6 is 0 Å². The number of likely N-dealkylation sites (N-methyl/N-ethyl adjacent to an activating group) is 1. The number of methoxy groups -OCH3 is 1. The molecule has 0 aliphatic rings. The van der Waals surface area contributed by atoms with Gasteiger partial charge < -0.3 is 10.1 Å². The standard InChI is InChI=1S/C18H22FNO/c1-3-20-13-16(15-7-5-8-17(19)12-15)10-14-6-4-9-18(11-14)21-2/h4-9,11-12,16,20H,3,10,13H2,1-2H3. The minimum Gasteiger partial charge on any atom is -0.497 e. The summed E-state index contributed by atoms with van der Waals surface area (Å²) in [7, 11) is 1.67. The Morgan fingerprint density at radius 2 is 1.95 bits per heavy atom. The summed E-state index contributed by atoms with van der Waals surface area (Å²) < 4.78 is 18.7. The van der Waals surface area contributed by atoms with Crippen molar-refractivity contribution in [2.24, 2.45) is 0 Å². The van der Waals surface area contributed by atoms with Gasteiger partial charge >= 0.3 is 0 Å². The molecule has 0 spiro atoms. The van der Waals surface area contributed by atoms with Crippen molar-refractivity contribution in [2.75, 3.05) is 20.2 Å². The molecule has 0 radical (unpaired) electrons. The topological polar surface area (TPSA) is 21.3 Å². The van der Waals surface area contributed by atoms with E-state index in [0.29, 0.717) is 0 Å². The first kappa shape index (κ1) is 15.5. The Balaban J connectivity index is 2.19. The molecule has 0 bridgehead atoms. The molecule has 0 saturated carbocycles. The summed E-state index contributed by atoms with van der Waals surface area (Å²) in [4.78, 5) is 0. The van der Waals surface area contributed by atoms with E-state index in [1.165, 1.54) is 11.6 Å². The number of nitrogens with one attached hydrogen (secondary N) is 1. The second-order valence-electron chi connectivity index (χ2n) is 5.12. The highest BCUT2D eigenvalue weighted by atomic mass is 19.1. The Kier molecular flexibility index (Phi) is 5.76. The molecule has 0 amide bonds. The molecular formula is C18H22FNO. The monoisotopic (exact) mass is 287 g/mol. The minimum absolute atomic E-state index is 0.181. The first-order valence-corrected chi connectivity index (χ1v) is 7.32. The van der Waals surface area contributed by atoms with Crippen LogP contribution in [0.25, 0.3) is 0 Å². The van der Waals surface area contributed by atoms with E-state index >= 15 is 0 Å². The molecule has 21 heavy (non-hydrogen) atoms. The fourth-order valence-electron chi connectivity index (χ4n) is 2.47. The zero-order valence-electron chi connectivity index (χ0n) is 12.6. The van der Waals surface area contributed by atoms with Crippen LogP contribution in [0.4, 0.5) is 4.39 Å². The van der Waals surface area contributed by atoms with Gasteiger partial charge in [-0.2, -0.15) is 0 Å². The van der Waals surface area contributed by atoms with Gasteiger partial charge in [0.1, 0.15) is 11.6 Å². The third-order valence-corrected chi connectivity index (χ3v) is 3.58. The lowest BCUT2D eigenvalue weighted by atomic mass is 9.91. The van der Waals surface area contributed by atoms with E-state index in [4.69, 9.17) is 4.74 Å². The van der Waals surface area contributed by atoms with Crippen molar-refractivity contribution in [3.8, 4) is 5.75 Å². The molecule has 0 saturated heterocycles. The van der Waals surface area contributed by atoms with Gasteiger partial charge in [-0.1, -0.05) is 31.2 Å². The highest BCUT2D eigenvalue weighted by Gasteiger charge is 2.13. The third kappa shape index (κ3) is 4.57. The lowest BCUT2D eigenvalue weighted by Gasteiger charge is -2.18. The maximum atomic E-state index is 13.5. The Morgan fingerprint density at radius 3 is 2.67 bits per heavy atom. The van der Waals surface area contributed by atoms with Crippen molar-refractivity contribution in [3.63, 3.8) is 0 Å². The van der Waals surface area contributed by atoms with E-state index in [0.717, 1.165) is 30.8 Å². The van der Waals surface area contributed by atoms with Gasteiger partial charge in [0.25, 0.3) is 0 Å². The Bertz CT molecular complexity index is 571. The van der Waals surface area contributed by atoms with Crippen LogP contribution in [-0.4, -0.2) is 20.2 Å². The Hall–Kier alpha value is -1.87. The van der Waals surface area contributed by atoms with E-state index in [1.54, 1.807) is 19.2 Å². The molecule has 112 valence electrons. The molecule has 0 aliphatic heterocycles. The van der Waals surface area contributed by atoms with Gasteiger partial charge in [0.05, 0.1) is 7.11 Å². The molecule has 2 aromatic carbocycles. The highest BCUT2D eigenvalue weighted by Crippen LogP contribution is 2.23. The van der Waals surface area contributed by atoms with E-state index in [9.17, 15) is 4.39 Å². The van der Waals surface area contributed by atoms with Crippen LogP contribution in [0.5, 0.6) is 5.75 Å². The summed E-state index contributed by atoms with van der Waals surface area (Å²) in [6.07, 6.45) is 0.855. The Labute approximate surface area is 126 Å². The largest absolute Gasteiger partial charge is 0.497 e. The second-order valence-corrected chi connectivity index (χ2v) is 5.12. The molecule has 1 atom stereocenters. The van der Waals surface area contributed by atoms with Gasteiger partial charge in [0.2, 0.25) is 0 Å². The van der Waals surface area contributed by atoms with Crippen LogP contribution in [0, 0.1) is 5.82 Å². The first-order valence-electron chi connectivity index (χ1n) is 7.32. The molecule has 0 heterocycles. The Morgan fingerprint density at radius 1 is 1.14 bits per heavy atom. The van der Waals surface area contributed by atoms with Gasteiger partial charge in [0.15, 0.2) is 0 Å². The van der Waals surface area contributed by atoms with Gasteiger partial charge in [0, 0.05) is 12.5 Å². The fraction of sp³-hybridized carbons (Fsp3) is 0.333. The lowest BCUT2D eigenvalue weighted by molar-refractivity contribution is 0.414. The number of ether oxygens (including phenoxy) is 1. The van der Waals surface area contributed by atoms with Crippen LogP contribution in [0.1, 0.15) is 24.0 Å². The van der Waals surface area contributed by atoms with E-state index < -0.39 is 0 Å². The number of hydrogen-bond donors (Lipinski definition) is 1. The quantitative estimate of drug-likeness (QED) is 0.837. The van der Waals surface area contributed by atoms with Crippen LogP contribution in [-0.2, 0) is 6.42 Å². The third-order valence-electron chi connectivity index (χ3n) is 3.58. The van der Waals surface area contributed by atoms with E-state index in [-0.39, 0.29) is 11.7 Å². The summed E-state index contributed by atoms with van der Waals surface area (Å²) >= 11 is 0. The summed E-state index contributed by atoms with van der Waals surface area (Å²) in [5.41, 5.74) is 2.22. The normalized spacial score (nSPS) is 12.1.